The van der Waals surface area contributed by atoms with Gasteiger partial charge in [-0.2, -0.15) is 0 Å². The van der Waals surface area contributed by atoms with Gasteiger partial charge in [-0.3, -0.25) is 0 Å². The van der Waals surface area contributed by atoms with E-state index in [1.807, 2.05) is 25.1 Å². The molecule has 0 unspecified atom stereocenters. The van der Waals surface area contributed by atoms with Crippen molar-refractivity contribution in [3.8, 4) is 0 Å². The number of halogens is 1. The minimum Gasteiger partial charge on any atom is -0.409 e. The van der Waals surface area contributed by atoms with Crippen LogP contribution < -0.4 is 5.73 Å². The van der Waals surface area contributed by atoms with E-state index in [-0.39, 0.29) is 5.84 Å². The summed E-state index contributed by atoms with van der Waals surface area (Å²) in [7, 11) is 0. The zero-order valence-electron chi connectivity index (χ0n) is 10.0. The van der Waals surface area contributed by atoms with E-state index in [2.05, 4.69) is 31.1 Å². The topological polar surface area (TPSA) is 84.4 Å². The summed E-state index contributed by atoms with van der Waals surface area (Å²) in [5.41, 5.74) is 7.19. The third-order valence-electron chi connectivity index (χ3n) is 2.30. The van der Waals surface area contributed by atoms with Crippen LogP contribution in [-0.2, 0) is 0 Å². The van der Waals surface area contributed by atoms with Gasteiger partial charge in [-0.15, -0.1) is 0 Å². The van der Waals surface area contributed by atoms with Gasteiger partial charge in [0, 0.05) is 26.8 Å². The Morgan fingerprint density at radius 2 is 2.21 bits per heavy atom. The number of oxime groups is 1. The van der Waals surface area contributed by atoms with Gasteiger partial charge < -0.3 is 10.9 Å². The summed E-state index contributed by atoms with van der Waals surface area (Å²) in [6, 6.07) is 7.31. The zero-order valence-corrected chi connectivity index (χ0v) is 12.4. The molecule has 2 rings (SSSR count). The smallest absolute Gasteiger partial charge is 0.192 e. The molecular weight excluding hydrogens is 328 g/mol. The number of aryl methyl sites for hydroxylation is 1. The molecule has 0 spiro atoms. The average Bonchev–Trinajstić information content (AvgIpc) is 2.38. The third kappa shape index (κ3) is 3.45. The van der Waals surface area contributed by atoms with E-state index in [0.717, 1.165) is 15.1 Å². The normalized spacial score (nSPS) is 11.6. The average molecular weight is 339 g/mol. The van der Waals surface area contributed by atoms with Crippen molar-refractivity contribution in [2.75, 3.05) is 0 Å². The molecule has 0 aliphatic heterocycles. The maximum absolute atomic E-state index is 8.80. The lowest BCUT2D eigenvalue weighted by Gasteiger charge is -2.07. The molecule has 98 valence electrons. The summed E-state index contributed by atoms with van der Waals surface area (Å²) < 4.78 is 0.900. The maximum Gasteiger partial charge on any atom is 0.192 e. The van der Waals surface area contributed by atoms with Crippen LogP contribution in [0, 0.1) is 6.92 Å². The van der Waals surface area contributed by atoms with Crippen LogP contribution in [0.4, 0.5) is 0 Å². The molecule has 3 N–H and O–H groups in total. The van der Waals surface area contributed by atoms with E-state index < -0.39 is 0 Å². The molecule has 0 saturated heterocycles. The Labute approximate surface area is 123 Å². The standard InChI is InChI=1S/C12H11BrN4OS/c1-7-4-5-15-12(16-7)19-10-6-8(13)2-3-9(10)11(14)17-18/h2-6,18H,1H3,(H2,14,17). The molecule has 19 heavy (non-hydrogen) atoms. The highest BCUT2D eigenvalue weighted by Gasteiger charge is 2.11. The number of benzene rings is 1. The van der Waals surface area contributed by atoms with Crippen molar-refractivity contribution >= 4 is 33.5 Å². The van der Waals surface area contributed by atoms with Gasteiger partial charge in [-0.25, -0.2) is 9.97 Å². The highest BCUT2D eigenvalue weighted by atomic mass is 79.9. The number of nitrogens with zero attached hydrogens (tertiary/aromatic N) is 3. The van der Waals surface area contributed by atoms with E-state index in [4.69, 9.17) is 10.9 Å². The van der Waals surface area contributed by atoms with E-state index in [0.29, 0.717) is 10.7 Å². The van der Waals surface area contributed by atoms with Gasteiger partial charge in [0.2, 0.25) is 0 Å². The molecule has 5 nitrogen and oxygen atoms in total. The van der Waals surface area contributed by atoms with Crippen molar-refractivity contribution in [3.63, 3.8) is 0 Å². The molecule has 1 heterocycles. The van der Waals surface area contributed by atoms with Gasteiger partial charge in [-0.1, -0.05) is 21.1 Å². The fourth-order valence-corrected chi connectivity index (χ4v) is 2.90. The second-order valence-electron chi connectivity index (χ2n) is 3.71. The van der Waals surface area contributed by atoms with Crippen LogP contribution in [0.3, 0.4) is 0 Å². The SMILES string of the molecule is Cc1ccnc(Sc2cc(Br)ccc2/C(N)=N/O)n1. The molecular formula is C12H11BrN4OS. The fraction of sp³-hybridized carbons (Fsp3) is 0.0833. The molecule has 0 radical (unpaired) electrons. The molecule has 1 aromatic carbocycles. The molecule has 0 aliphatic carbocycles. The first-order valence-electron chi connectivity index (χ1n) is 5.35. The number of nitrogens with two attached hydrogens (primary N) is 1. The Hall–Kier alpha value is -1.60. The van der Waals surface area contributed by atoms with Crippen LogP contribution in [0.5, 0.6) is 0 Å². The quantitative estimate of drug-likeness (QED) is 0.295. The monoisotopic (exact) mass is 338 g/mol. The summed E-state index contributed by atoms with van der Waals surface area (Å²) in [6.45, 7) is 1.90. The van der Waals surface area contributed by atoms with E-state index in [9.17, 15) is 0 Å². The van der Waals surface area contributed by atoms with Crippen molar-refractivity contribution in [2.45, 2.75) is 17.0 Å². The Morgan fingerprint density at radius 3 is 2.89 bits per heavy atom. The summed E-state index contributed by atoms with van der Waals surface area (Å²) in [5.74, 6) is 0.0580. The molecule has 0 aliphatic rings. The Morgan fingerprint density at radius 1 is 1.42 bits per heavy atom. The lowest BCUT2D eigenvalue weighted by Crippen LogP contribution is -2.14. The van der Waals surface area contributed by atoms with Crippen molar-refractivity contribution in [1.29, 1.82) is 0 Å². The largest absolute Gasteiger partial charge is 0.409 e. The summed E-state index contributed by atoms with van der Waals surface area (Å²) in [5, 5.41) is 12.5. The van der Waals surface area contributed by atoms with Crippen LogP contribution in [0.15, 0.2) is 50.1 Å². The van der Waals surface area contributed by atoms with Gasteiger partial charge in [-0.05, 0) is 43.0 Å². The van der Waals surface area contributed by atoms with Crippen molar-refractivity contribution < 1.29 is 5.21 Å². The summed E-state index contributed by atoms with van der Waals surface area (Å²) in [6.07, 6.45) is 1.70. The van der Waals surface area contributed by atoms with Gasteiger partial charge in [0.15, 0.2) is 11.0 Å². The van der Waals surface area contributed by atoms with E-state index >= 15 is 0 Å². The fourth-order valence-electron chi connectivity index (χ4n) is 1.42. The van der Waals surface area contributed by atoms with Crippen LogP contribution in [0.25, 0.3) is 0 Å². The molecule has 0 bridgehead atoms. The highest BCUT2D eigenvalue weighted by molar-refractivity contribution is 9.10. The van der Waals surface area contributed by atoms with Crippen LogP contribution >= 0.6 is 27.7 Å². The van der Waals surface area contributed by atoms with Crippen LogP contribution in [0.2, 0.25) is 0 Å². The molecule has 0 amide bonds. The lowest BCUT2D eigenvalue weighted by atomic mass is 10.2. The van der Waals surface area contributed by atoms with E-state index in [1.165, 1.54) is 11.8 Å². The number of hydrogen-bond donors (Lipinski definition) is 2. The van der Waals surface area contributed by atoms with Gasteiger partial charge in [0.1, 0.15) is 0 Å². The van der Waals surface area contributed by atoms with Crippen LogP contribution in [-0.4, -0.2) is 21.0 Å². The Bertz CT molecular complexity index is 633. The zero-order chi connectivity index (χ0) is 13.8. The predicted molar refractivity (Wildman–Crippen MR) is 77.5 cm³/mol. The van der Waals surface area contributed by atoms with Gasteiger partial charge in [0.05, 0.1) is 0 Å². The third-order valence-corrected chi connectivity index (χ3v) is 3.73. The van der Waals surface area contributed by atoms with E-state index in [1.54, 1.807) is 12.3 Å². The number of aromatic nitrogens is 2. The minimum atomic E-state index is 0.0580. The molecule has 0 saturated carbocycles. The number of hydrogen-bond acceptors (Lipinski definition) is 5. The minimum absolute atomic E-state index is 0.0580. The molecule has 0 atom stereocenters. The second kappa shape index (κ2) is 6.03. The predicted octanol–water partition coefficient (Wildman–Crippen LogP) is 2.79. The van der Waals surface area contributed by atoms with Gasteiger partial charge >= 0.3 is 0 Å². The first-order chi connectivity index (χ1) is 9.10. The molecule has 1 aromatic heterocycles. The first-order valence-corrected chi connectivity index (χ1v) is 6.96. The summed E-state index contributed by atoms with van der Waals surface area (Å²) >= 11 is 4.76. The van der Waals surface area contributed by atoms with Crippen molar-refractivity contribution in [3.05, 3.63) is 46.2 Å². The Balaban J connectivity index is 2.41. The number of rotatable bonds is 3. The van der Waals surface area contributed by atoms with Gasteiger partial charge in [0.25, 0.3) is 0 Å². The molecule has 2 aromatic rings. The molecule has 7 heteroatoms. The highest BCUT2D eigenvalue weighted by Crippen LogP contribution is 2.30. The van der Waals surface area contributed by atoms with Crippen molar-refractivity contribution in [2.24, 2.45) is 10.9 Å². The lowest BCUT2D eigenvalue weighted by molar-refractivity contribution is 0.318. The second-order valence-corrected chi connectivity index (χ2v) is 5.63. The summed E-state index contributed by atoms with van der Waals surface area (Å²) in [4.78, 5) is 9.32. The molecule has 0 fully saturated rings. The first kappa shape index (κ1) is 13.8. The number of amidine groups is 1. The van der Waals surface area contributed by atoms with Crippen LogP contribution in [0.1, 0.15) is 11.3 Å². The maximum atomic E-state index is 8.80. The Kier molecular flexibility index (Phi) is 4.39. The van der Waals surface area contributed by atoms with Crippen molar-refractivity contribution in [1.82, 2.24) is 9.97 Å².